The highest BCUT2D eigenvalue weighted by Crippen LogP contribution is 2.31. The van der Waals surface area contributed by atoms with E-state index in [0.717, 1.165) is 29.9 Å². The first kappa shape index (κ1) is 12.0. The molecule has 0 saturated heterocycles. The van der Waals surface area contributed by atoms with E-state index in [0.29, 0.717) is 18.6 Å². The van der Waals surface area contributed by atoms with Gasteiger partial charge in [0.2, 0.25) is 0 Å². The Labute approximate surface area is 102 Å². The van der Waals surface area contributed by atoms with Crippen LogP contribution in [0.25, 0.3) is 0 Å². The Hall–Kier alpha value is -1.51. The highest BCUT2D eigenvalue weighted by Gasteiger charge is 2.21. The van der Waals surface area contributed by atoms with Gasteiger partial charge >= 0.3 is 0 Å². The minimum absolute atomic E-state index is 0.00727. The second-order valence-corrected chi connectivity index (χ2v) is 4.53. The van der Waals surface area contributed by atoms with Gasteiger partial charge in [0.1, 0.15) is 11.9 Å². The fourth-order valence-corrected chi connectivity index (χ4v) is 2.14. The Balaban J connectivity index is 2.09. The number of ether oxygens (including phenoxy) is 2. The zero-order valence-electron chi connectivity index (χ0n) is 10.4. The summed E-state index contributed by atoms with van der Waals surface area (Å²) in [6, 6.07) is 5.84. The van der Waals surface area contributed by atoms with Crippen molar-refractivity contribution in [3.63, 3.8) is 0 Å². The van der Waals surface area contributed by atoms with E-state index in [4.69, 9.17) is 9.47 Å². The summed E-state index contributed by atoms with van der Waals surface area (Å²) in [6.07, 6.45) is 3.11. The number of hydrogen-bond donors (Lipinski definition) is 0. The van der Waals surface area contributed by atoms with Crippen LogP contribution < -0.4 is 9.47 Å². The van der Waals surface area contributed by atoms with Crippen molar-refractivity contribution >= 4 is 5.78 Å². The maximum atomic E-state index is 11.4. The lowest BCUT2D eigenvalue weighted by atomic mass is 9.96. The molecule has 1 aliphatic rings. The SMILES string of the molecule is COc1cc(C)ccc1OC1CCCC(=O)C1. The van der Waals surface area contributed by atoms with Gasteiger partial charge < -0.3 is 9.47 Å². The zero-order chi connectivity index (χ0) is 12.3. The van der Waals surface area contributed by atoms with Crippen LogP contribution in [0, 0.1) is 6.92 Å². The van der Waals surface area contributed by atoms with Gasteiger partial charge in [-0.2, -0.15) is 0 Å². The van der Waals surface area contributed by atoms with Crippen LogP contribution in [0.3, 0.4) is 0 Å². The first-order valence-corrected chi connectivity index (χ1v) is 6.02. The van der Waals surface area contributed by atoms with E-state index < -0.39 is 0 Å². The van der Waals surface area contributed by atoms with Gasteiger partial charge in [0, 0.05) is 12.8 Å². The number of benzene rings is 1. The molecule has 1 unspecified atom stereocenters. The quantitative estimate of drug-likeness (QED) is 0.806. The van der Waals surface area contributed by atoms with E-state index in [9.17, 15) is 4.79 Å². The lowest BCUT2D eigenvalue weighted by molar-refractivity contribution is -0.122. The molecule has 1 saturated carbocycles. The molecule has 0 N–H and O–H groups in total. The first-order valence-electron chi connectivity index (χ1n) is 6.02. The molecular weight excluding hydrogens is 216 g/mol. The summed E-state index contributed by atoms with van der Waals surface area (Å²) in [5.41, 5.74) is 1.13. The molecule has 0 amide bonds. The summed E-state index contributed by atoms with van der Waals surface area (Å²) in [7, 11) is 1.63. The van der Waals surface area contributed by atoms with E-state index in [1.54, 1.807) is 7.11 Å². The summed E-state index contributed by atoms with van der Waals surface area (Å²) < 4.78 is 11.1. The molecule has 0 spiro atoms. The van der Waals surface area contributed by atoms with Crippen molar-refractivity contribution in [2.24, 2.45) is 0 Å². The van der Waals surface area contributed by atoms with E-state index in [2.05, 4.69) is 0 Å². The number of hydrogen-bond acceptors (Lipinski definition) is 3. The van der Waals surface area contributed by atoms with Gasteiger partial charge in [-0.05, 0) is 37.5 Å². The average molecular weight is 234 g/mol. The van der Waals surface area contributed by atoms with Gasteiger partial charge in [-0.25, -0.2) is 0 Å². The van der Waals surface area contributed by atoms with Crippen LogP contribution in [0.1, 0.15) is 31.2 Å². The van der Waals surface area contributed by atoms with Crippen LogP contribution in [-0.4, -0.2) is 19.0 Å². The maximum absolute atomic E-state index is 11.4. The minimum atomic E-state index is 0.00727. The van der Waals surface area contributed by atoms with Gasteiger partial charge in [-0.15, -0.1) is 0 Å². The molecule has 0 heterocycles. The van der Waals surface area contributed by atoms with Crippen molar-refractivity contribution in [2.45, 2.75) is 38.7 Å². The number of methoxy groups -OCH3 is 1. The number of Topliss-reactive ketones (excluding diaryl/α,β-unsaturated/α-hetero) is 1. The molecule has 3 nitrogen and oxygen atoms in total. The third-order valence-corrected chi connectivity index (χ3v) is 3.05. The normalized spacial score (nSPS) is 20.1. The molecule has 0 bridgehead atoms. The van der Waals surface area contributed by atoms with Crippen LogP contribution in [-0.2, 0) is 4.79 Å². The van der Waals surface area contributed by atoms with Crippen LogP contribution in [0.2, 0.25) is 0 Å². The predicted molar refractivity (Wildman–Crippen MR) is 65.6 cm³/mol. The highest BCUT2D eigenvalue weighted by atomic mass is 16.5. The van der Waals surface area contributed by atoms with Crippen LogP contribution >= 0.6 is 0 Å². The Morgan fingerprint density at radius 2 is 2.12 bits per heavy atom. The van der Waals surface area contributed by atoms with E-state index in [1.165, 1.54) is 0 Å². The van der Waals surface area contributed by atoms with E-state index >= 15 is 0 Å². The van der Waals surface area contributed by atoms with Crippen molar-refractivity contribution in [3.05, 3.63) is 23.8 Å². The van der Waals surface area contributed by atoms with E-state index in [1.807, 2.05) is 25.1 Å². The molecule has 17 heavy (non-hydrogen) atoms. The Morgan fingerprint density at radius 3 is 2.82 bits per heavy atom. The topological polar surface area (TPSA) is 35.5 Å². The summed E-state index contributed by atoms with van der Waals surface area (Å²) >= 11 is 0. The standard InChI is InChI=1S/C14H18O3/c1-10-6-7-13(14(8-10)16-2)17-12-5-3-4-11(15)9-12/h6-8,12H,3-5,9H2,1-2H3. The molecule has 92 valence electrons. The Morgan fingerprint density at radius 1 is 1.29 bits per heavy atom. The fourth-order valence-electron chi connectivity index (χ4n) is 2.14. The Kier molecular flexibility index (Phi) is 3.67. The van der Waals surface area contributed by atoms with Crippen LogP contribution in [0.5, 0.6) is 11.5 Å². The number of carbonyl (C=O) groups excluding carboxylic acids is 1. The molecule has 0 radical (unpaired) electrons. The molecule has 1 aliphatic carbocycles. The lowest BCUT2D eigenvalue weighted by Gasteiger charge is -2.23. The van der Waals surface area contributed by atoms with Gasteiger partial charge in [0.25, 0.3) is 0 Å². The molecule has 0 aliphatic heterocycles. The zero-order valence-corrected chi connectivity index (χ0v) is 10.4. The number of rotatable bonds is 3. The molecule has 1 aromatic carbocycles. The minimum Gasteiger partial charge on any atom is -0.493 e. The number of aryl methyl sites for hydroxylation is 1. The second-order valence-electron chi connectivity index (χ2n) is 4.53. The third-order valence-electron chi connectivity index (χ3n) is 3.05. The van der Waals surface area contributed by atoms with E-state index in [-0.39, 0.29) is 6.10 Å². The largest absolute Gasteiger partial charge is 0.493 e. The van der Waals surface area contributed by atoms with Gasteiger partial charge in [-0.1, -0.05) is 6.07 Å². The smallest absolute Gasteiger partial charge is 0.161 e. The van der Waals surface area contributed by atoms with Gasteiger partial charge in [0.05, 0.1) is 7.11 Å². The second kappa shape index (κ2) is 5.21. The number of carbonyl (C=O) groups is 1. The van der Waals surface area contributed by atoms with Crippen LogP contribution in [0.4, 0.5) is 0 Å². The lowest BCUT2D eigenvalue weighted by Crippen LogP contribution is -2.25. The average Bonchev–Trinajstić information content (AvgIpc) is 2.31. The number of ketones is 1. The molecular formula is C14H18O3. The first-order chi connectivity index (χ1) is 8.19. The molecule has 1 aromatic rings. The summed E-state index contributed by atoms with van der Waals surface area (Å²) in [4.78, 5) is 11.4. The van der Waals surface area contributed by atoms with Crippen molar-refractivity contribution in [2.75, 3.05) is 7.11 Å². The molecule has 1 atom stereocenters. The highest BCUT2D eigenvalue weighted by molar-refractivity contribution is 5.79. The Bertz CT molecular complexity index is 412. The van der Waals surface area contributed by atoms with Crippen LogP contribution in [0.15, 0.2) is 18.2 Å². The van der Waals surface area contributed by atoms with Crippen molar-refractivity contribution in [1.29, 1.82) is 0 Å². The molecule has 1 fully saturated rings. The molecule has 0 aromatic heterocycles. The van der Waals surface area contributed by atoms with Crippen molar-refractivity contribution in [1.82, 2.24) is 0 Å². The van der Waals surface area contributed by atoms with Crippen molar-refractivity contribution < 1.29 is 14.3 Å². The monoisotopic (exact) mass is 234 g/mol. The molecule has 2 rings (SSSR count). The summed E-state index contributed by atoms with van der Waals surface area (Å²) in [6.45, 7) is 2.01. The maximum Gasteiger partial charge on any atom is 0.161 e. The third kappa shape index (κ3) is 2.99. The predicted octanol–water partition coefficient (Wildman–Crippen LogP) is 2.89. The fraction of sp³-hybridized carbons (Fsp3) is 0.500. The van der Waals surface area contributed by atoms with Gasteiger partial charge in [-0.3, -0.25) is 4.79 Å². The van der Waals surface area contributed by atoms with Crippen molar-refractivity contribution in [3.8, 4) is 11.5 Å². The molecule has 3 heteroatoms. The summed E-state index contributed by atoms with van der Waals surface area (Å²) in [5, 5.41) is 0. The summed E-state index contributed by atoms with van der Waals surface area (Å²) in [5.74, 6) is 1.77. The van der Waals surface area contributed by atoms with Gasteiger partial charge in [0.15, 0.2) is 11.5 Å².